The van der Waals surface area contributed by atoms with Crippen molar-refractivity contribution in [2.75, 3.05) is 4.90 Å². The number of fused-ring (bicyclic) bond motifs is 9. The average molecular weight is 628 g/mol. The number of hydrogen-bond acceptors (Lipinski definition) is 2. The molecule has 49 heavy (non-hydrogen) atoms. The molecular weight excluding hydrogens is 595 g/mol. The van der Waals surface area contributed by atoms with Gasteiger partial charge in [-0.25, -0.2) is 0 Å². The van der Waals surface area contributed by atoms with Gasteiger partial charge < -0.3 is 9.32 Å². The predicted octanol–water partition coefficient (Wildman–Crippen LogP) is 13.3. The molecule has 0 unspecified atom stereocenters. The lowest BCUT2D eigenvalue weighted by Gasteiger charge is -2.27. The van der Waals surface area contributed by atoms with E-state index in [0.717, 1.165) is 39.0 Å². The van der Waals surface area contributed by atoms with Gasteiger partial charge in [0.1, 0.15) is 11.2 Å². The van der Waals surface area contributed by atoms with Crippen LogP contribution in [0.15, 0.2) is 168 Å². The molecule has 1 heterocycles. The van der Waals surface area contributed by atoms with Crippen LogP contribution in [0.3, 0.4) is 0 Å². The van der Waals surface area contributed by atoms with E-state index in [2.05, 4.69) is 176 Å². The summed E-state index contributed by atoms with van der Waals surface area (Å²) in [5.74, 6) is 0. The Bertz CT molecular complexity index is 2740. The molecule has 0 aliphatic heterocycles. The molecule has 0 atom stereocenters. The minimum Gasteiger partial charge on any atom is -0.456 e. The zero-order chi connectivity index (χ0) is 32.7. The van der Waals surface area contributed by atoms with Crippen molar-refractivity contribution in [2.45, 2.75) is 19.3 Å². The highest BCUT2D eigenvalue weighted by atomic mass is 16.3. The van der Waals surface area contributed by atoms with Crippen molar-refractivity contribution in [2.24, 2.45) is 0 Å². The van der Waals surface area contributed by atoms with Gasteiger partial charge in [0, 0.05) is 33.2 Å². The van der Waals surface area contributed by atoms with Crippen molar-refractivity contribution in [3.8, 4) is 22.3 Å². The van der Waals surface area contributed by atoms with Gasteiger partial charge in [-0.1, -0.05) is 129 Å². The third kappa shape index (κ3) is 4.20. The Labute approximate surface area is 285 Å². The maximum atomic E-state index is 6.31. The fraction of sp³-hybridized carbons (Fsp3) is 0.0638. The summed E-state index contributed by atoms with van der Waals surface area (Å²) in [7, 11) is 0. The van der Waals surface area contributed by atoms with E-state index in [9.17, 15) is 0 Å². The molecule has 2 heteroatoms. The number of para-hydroxylation sites is 1. The van der Waals surface area contributed by atoms with Crippen molar-refractivity contribution in [1.82, 2.24) is 0 Å². The first-order chi connectivity index (χ1) is 24.0. The molecule has 2 nitrogen and oxygen atoms in total. The summed E-state index contributed by atoms with van der Waals surface area (Å²) >= 11 is 0. The van der Waals surface area contributed by atoms with Gasteiger partial charge in [0.25, 0.3) is 0 Å². The Balaban J connectivity index is 1.18. The van der Waals surface area contributed by atoms with Crippen LogP contribution in [0.25, 0.3) is 65.7 Å². The highest BCUT2D eigenvalue weighted by molar-refractivity contribution is 6.19. The van der Waals surface area contributed by atoms with Crippen molar-refractivity contribution in [3.63, 3.8) is 0 Å². The van der Waals surface area contributed by atoms with Crippen LogP contribution in [0.4, 0.5) is 17.1 Å². The molecule has 232 valence electrons. The average Bonchev–Trinajstić information content (AvgIpc) is 3.64. The lowest BCUT2D eigenvalue weighted by molar-refractivity contribution is 0.660. The van der Waals surface area contributed by atoms with Gasteiger partial charge in [-0.2, -0.15) is 0 Å². The van der Waals surface area contributed by atoms with Crippen molar-refractivity contribution in [1.29, 1.82) is 0 Å². The summed E-state index contributed by atoms with van der Waals surface area (Å²) in [6.07, 6.45) is 0. The maximum absolute atomic E-state index is 6.31. The van der Waals surface area contributed by atoms with Crippen LogP contribution < -0.4 is 4.90 Å². The van der Waals surface area contributed by atoms with Gasteiger partial charge in [0.05, 0.1) is 0 Å². The number of anilines is 3. The van der Waals surface area contributed by atoms with Crippen LogP contribution >= 0.6 is 0 Å². The molecule has 0 radical (unpaired) electrons. The van der Waals surface area contributed by atoms with Crippen LogP contribution in [0.1, 0.15) is 25.0 Å². The maximum Gasteiger partial charge on any atom is 0.136 e. The molecule has 0 fully saturated rings. The molecule has 1 aliphatic rings. The van der Waals surface area contributed by atoms with Gasteiger partial charge >= 0.3 is 0 Å². The first-order valence-corrected chi connectivity index (χ1v) is 17.0. The summed E-state index contributed by atoms with van der Waals surface area (Å²) in [4.78, 5) is 2.40. The van der Waals surface area contributed by atoms with Crippen molar-refractivity contribution in [3.05, 3.63) is 175 Å². The van der Waals surface area contributed by atoms with Crippen LogP contribution in [-0.2, 0) is 5.41 Å². The van der Waals surface area contributed by atoms with Gasteiger partial charge in [0.15, 0.2) is 0 Å². The molecule has 0 amide bonds. The van der Waals surface area contributed by atoms with E-state index in [-0.39, 0.29) is 5.41 Å². The van der Waals surface area contributed by atoms with E-state index in [1.165, 1.54) is 54.9 Å². The molecule has 1 aromatic heterocycles. The standard InChI is InChI=1S/C47H33NO/c1-47(2)42-16-7-5-13-38(42)41-29-35(25-26-43(41)47)48(33-22-18-31(19-23-33)37-15-9-11-30-10-3-4-12-36(30)37)34-24-20-32-21-27-45-46(40(32)28-34)39-14-6-8-17-44(39)49-45/h3-29H,1-2H3. The second kappa shape index (κ2) is 10.4. The second-order valence-corrected chi connectivity index (χ2v) is 13.8. The van der Waals surface area contributed by atoms with Crippen LogP contribution in [0, 0.1) is 0 Å². The molecule has 8 aromatic carbocycles. The van der Waals surface area contributed by atoms with Crippen molar-refractivity contribution < 1.29 is 4.42 Å². The molecule has 0 saturated heterocycles. The number of nitrogens with zero attached hydrogens (tertiary/aromatic N) is 1. The lowest BCUT2D eigenvalue weighted by Crippen LogP contribution is -2.15. The molecule has 0 N–H and O–H groups in total. The van der Waals surface area contributed by atoms with E-state index < -0.39 is 0 Å². The molecule has 0 spiro atoms. The summed E-state index contributed by atoms with van der Waals surface area (Å²) in [6.45, 7) is 4.68. The molecule has 0 saturated carbocycles. The first-order valence-electron chi connectivity index (χ1n) is 17.0. The van der Waals surface area contributed by atoms with Gasteiger partial charge in [-0.3, -0.25) is 0 Å². The van der Waals surface area contributed by atoms with E-state index >= 15 is 0 Å². The van der Waals surface area contributed by atoms with Crippen LogP contribution in [-0.4, -0.2) is 0 Å². The first kappa shape index (κ1) is 27.9. The van der Waals surface area contributed by atoms with E-state index in [4.69, 9.17) is 4.42 Å². The number of benzene rings is 8. The van der Waals surface area contributed by atoms with E-state index in [1.54, 1.807) is 0 Å². The van der Waals surface area contributed by atoms with Gasteiger partial charge in [0.2, 0.25) is 0 Å². The molecule has 10 rings (SSSR count). The van der Waals surface area contributed by atoms with E-state index in [1.807, 2.05) is 6.07 Å². The zero-order valence-corrected chi connectivity index (χ0v) is 27.4. The third-order valence-corrected chi connectivity index (χ3v) is 10.7. The molecular formula is C47H33NO. The molecule has 1 aliphatic carbocycles. The van der Waals surface area contributed by atoms with Gasteiger partial charge in [-0.05, 0) is 103 Å². The Hall–Kier alpha value is -6.12. The highest BCUT2D eigenvalue weighted by Crippen LogP contribution is 2.51. The van der Waals surface area contributed by atoms with Crippen LogP contribution in [0.5, 0.6) is 0 Å². The zero-order valence-electron chi connectivity index (χ0n) is 27.4. The fourth-order valence-corrected chi connectivity index (χ4v) is 8.23. The Morgan fingerprint density at radius 1 is 0.429 bits per heavy atom. The molecule has 9 aromatic rings. The van der Waals surface area contributed by atoms with E-state index in [0.29, 0.717) is 0 Å². The summed E-state index contributed by atoms with van der Waals surface area (Å²) in [6, 6.07) is 59.6. The minimum absolute atomic E-state index is 0.0493. The summed E-state index contributed by atoms with van der Waals surface area (Å²) < 4.78 is 6.31. The summed E-state index contributed by atoms with van der Waals surface area (Å²) in [5, 5.41) is 7.19. The lowest BCUT2D eigenvalue weighted by atomic mass is 9.82. The SMILES string of the molecule is CC1(C)c2ccccc2-c2cc(N(c3ccc(-c4cccc5ccccc45)cc3)c3ccc4ccc5oc6ccccc6c5c4c3)ccc21. The number of furan rings is 1. The predicted molar refractivity (Wildman–Crippen MR) is 206 cm³/mol. The third-order valence-electron chi connectivity index (χ3n) is 10.7. The smallest absolute Gasteiger partial charge is 0.136 e. The summed E-state index contributed by atoms with van der Waals surface area (Å²) in [5.41, 5.74) is 12.9. The largest absolute Gasteiger partial charge is 0.456 e. The topological polar surface area (TPSA) is 16.4 Å². The monoisotopic (exact) mass is 627 g/mol. The quantitative estimate of drug-likeness (QED) is 0.193. The van der Waals surface area contributed by atoms with Crippen LogP contribution in [0.2, 0.25) is 0 Å². The molecule has 0 bridgehead atoms. The Morgan fingerprint density at radius 3 is 1.96 bits per heavy atom. The number of rotatable bonds is 4. The second-order valence-electron chi connectivity index (χ2n) is 13.8. The highest BCUT2D eigenvalue weighted by Gasteiger charge is 2.35. The Morgan fingerprint density at radius 2 is 1.06 bits per heavy atom. The fourth-order valence-electron chi connectivity index (χ4n) is 8.23. The minimum atomic E-state index is -0.0493. The number of hydrogen-bond donors (Lipinski definition) is 0. The van der Waals surface area contributed by atoms with Crippen molar-refractivity contribution >= 4 is 60.5 Å². The normalized spacial score (nSPS) is 13.3. The Kier molecular flexibility index (Phi) is 5.95. The van der Waals surface area contributed by atoms with Gasteiger partial charge in [-0.15, -0.1) is 0 Å².